The van der Waals surface area contributed by atoms with Crippen molar-refractivity contribution in [2.45, 2.75) is 6.42 Å². The predicted molar refractivity (Wildman–Crippen MR) is 75.5 cm³/mol. The standard InChI is InChI=1S/C14H12ClN3O/c15-11-8-17-6-4-9(11)14(19)18-7-5-10-12(16)2-1-3-13(10)18/h1-4,6,8H,5,7,16H2. The van der Waals surface area contributed by atoms with Gasteiger partial charge in [0, 0.05) is 35.9 Å². The second-order valence-electron chi connectivity index (χ2n) is 4.41. The normalized spacial score (nSPS) is 13.4. The second kappa shape index (κ2) is 4.55. The number of nitrogen functional groups attached to an aromatic ring is 1. The summed E-state index contributed by atoms with van der Waals surface area (Å²) in [4.78, 5) is 18.1. The number of fused-ring (bicyclic) bond motifs is 1. The third kappa shape index (κ3) is 1.94. The summed E-state index contributed by atoms with van der Waals surface area (Å²) in [7, 11) is 0. The van der Waals surface area contributed by atoms with E-state index in [-0.39, 0.29) is 5.91 Å². The summed E-state index contributed by atoms with van der Waals surface area (Å²) in [6.07, 6.45) is 3.82. The lowest BCUT2D eigenvalue weighted by molar-refractivity contribution is 0.0989. The lowest BCUT2D eigenvalue weighted by atomic mass is 10.1. The molecule has 0 aliphatic carbocycles. The van der Waals surface area contributed by atoms with Gasteiger partial charge >= 0.3 is 0 Å². The Bertz CT molecular complexity index is 657. The number of nitrogens with zero attached hydrogens (tertiary/aromatic N) is 2. The highest BCUT2D eigenvalue weighted by atomic mass is 35.5. The number of hydrogen-bond acceptors (Lipinski definition) is 3. The number of nitrogens with two attached hydrogens (primary N) is 1. The third-order valence-corrected chi connectivity index (χ3v) is 3.61. The highest BCUT2D eigenvalue weighted by Crippen LogP contribution is 2.33. The monoisotopic (exact) mass is 273 g/mol. The van der Waals surface area contributed by atoms with Crippen LogP contribution in [0.2, 0.25) is 5.02 Å². The lowest BCUT2D eigenvalue weighted by Crippen LogP contribution is -2.29. The maximum Gasteiger partial charge on any atom is 0.259 e. The smallest absolute Gasteiger partial charge is 0.259 e. The van der Waals surface area contributed by atoms with Gasteiger partial charge in [0.15, 0.2) is 0 Å². The van der Waals surface area contributed by atoms with Gasteiger partial charge in [0.25, 0.3) is 5.91 Å². The fourth-order valence-electron chi connectivity index (χ4n) is 2.37. The van der Waals surface area contributed by atoms with Gasteiger partial charge in [-0.15, -0.1) is 0 Å². The molecule has 19 heavy (non-hydrogen) atoms. The van der Waals surface area contributed by atoms with E-state index >= 15 is 0 Å². The van der Waals surface area contributed by atoms with Gasteiger partial charge in [-0.2, -0.15) is 0 Å². The van der Waals surface area contributed by atoms with E-state index in [0.717, 1.165) is 23.4 Å². The molecule has 0 fully saturated rings. The van der Waals surface area contributed by atoms with Crippen LogP contribution in [0.4, 0.5) is 11.4 Å². The Morgan fingerprint density at radius 3 is 3.00 bits per heavy atom. The summed E-state index contributed by atoms with van der Waals surface area (Å²) in [5.74, 6) is -0.114. The summed E-state index contributed by atoms with van der Waals surface area (Å²) in [5.41, 5.74) is 9.03. The minimum Gasteiger partial charge on any atom is -0.398 e. The van der Waals surface area contributed by atoms with Gasteiger partial charge in [-0.05, 0) is 24.6 Å². The molecule has 1 aliphatic heterocycles. The van der Waals surface area contributed by atoms with Crippen molar-refractivity contribution in [2.75, 3.05) is 17.2 Å². The molecule has 1 amide bonds. The van der Waals surface area contributed by atoms with Gasteiger partial charge in [-0.3, -0.25) is 9.78 Å². The molecule has 5 heteroatoms. The van der Waals surface area contributed by atoms with Crippen LogP contribution in [0.5, 0.6) is 0 Å². The first-order valence-electron chi connectivity index (χ1n) is 5.97. The summed E-state index contributed by atoms with van der Waals surface area (Å²) in [5, 5.41) is 0.366. The highest BCUT2D eigenvalue weighted by Gasteiger charge is 2.27. The Morgan fingerprint density at radius 1 is 1.37 bits per heavy atom. The minimum atomic E-state index is -0.114. The van der Waals surface area contributed by atoms with Crippen molar-refractivity contribution in [1.29, 1.82) is 0 Å². The van der Waals surface area contributed by atoms with Gasteiger partial charge in [0.05, 0.1) is 10.6 Å². The Labute approximate surface area is 115 Å². The summed E-state index contributed by atoms with van der Waals surface area (Å²) >= 11 is 6.02. The van der Waals surface area contributed by atoms with E-state index in [1.54, 1.807) is 17.2 Å². The summed E-state index contributed by atoms with van der Waals surface area (Å²) in [6.45, 7) is 0.626. The van der Waals surface area contributed by atoms with Gasteiger partial charge < -0.3 is 10.6 Å². The van der Waals surface area contributed by atoms with Crippen LogP contribution in [0, 0.1) is 0 Å². The fraction of sp³-hybridized carbons (Fsp3) is 0.143. The van der Waals surface area contributed by atoms with E-state index < -0.39 is 0 Å². The van der Waals surface area contributed by atoms with Crippen LogP contribution in [0.15, 0.2) is 36.7 Å². The highest BCUT2D eigenvalue weighted by molar-refractivity contribution is 6.34. The largest absolute Gasteiger partial charge is 0.398 e. The quantitative estimate of drug-likeness (QED) is 0.812. The van der Waals surface area contributed by atoms with E-state index in [9.17, 15) is 4.79 Å². The minimum absolute atomic E-state index is 0.114. The average Bonchev–Trinajstić information content (AvgIpc) is 2.84. The second-order valence-corrected chi connectivity index (χ2v) is 4.81. The van der Waals surface area contributed by atoms with E-state index in [2.05, 4.69) is 4.98 Å². The van der Waals surface area contributed by atoms with Crippen molar-refractivity contribution >= 4 is 28.9 Å². The van der Waals surface area contributed by atoms with Crippen molar-refractivity contribution in [3.8, 4) is 0 Å². The molecule has 2 aromatic rings. The molecule has 1 aromatic heterocycles. The zero-order valence-corrected chi connectivity index (χ0v) is 10.9. The van der Waals surface area contributed by atoms with Crippen molar-refractivity contribution in [1.82, 2.24) is 4.98 Å². The summed E-state index contributed by atoms with van der Waals surface area (Å²) in [6, 6.07) is 7.25. The van der Waals surface area contributed by atoms with Gasteiger partial charge in [0.1, 0.15) is 0 Å². The number of benzene rings is 1. The van der Waals surface area contributed by atoms with E-state index in [4.69, 9.17) is 17.3 Å². The Kier molecular flexibility index (Phi) is 2.87. The Balaban J connectivity index is 2.01. The third-order valence-electron chi connectivity index (χ3n) is 3.31. The van der Waals surface area contributed by atoms with E-state index in [0.29, 0.717) is 17.1 Å². The number of rotatable bonds is 1. The van der Waals surface area contributed by atoms with Crippen LogP contribution < -0.4 is 10.6 Å². The molecule has 2 N–H and O–H groups in total. The molecule has 0 unspecified atom stereocenters. The number of carbonyl (C=O) groups is 1. The average molecular weight is 274 g/mol. The van der Waals surface area contributed by atoms with E-state index in [1.165, 1.54) is 6.20 Å². The van der Waals surface area contributed by atoms with Crippen LogP contribution in [-0.4, -0.2) is 17.4 Å². The van der Waals surface area contributed by atoms with Crippen LogP contribution in [-0.2, 0) is 6.42 Å². The zero-order valence-electron chi connectivity index (χ0n) is 10.1. The number of anilines is 2. The first kappa shape index (κ1) is 12.0. The molecule has 1 aliphatic rings. The van der Waals surface area contributed by atoms with Crippen LogP contribution in [0.3, 0.4) is 0 Å². The maximum absolute atomic E-state index is 12.5. The summed E-state index contributed by atoms with van der Waals surface area (Å²) < 4.78 is 0. The van der Waals surface area contributed by atoms with Crippen LogP contribution in [0.25, 0.3) is 0 Å². The van der Waals surface area contributed by atoms with Crippen LogP contribution in [0.1, 0.15) is 15.9 Å². The molecule has 96 valence electrons. The zero-order chi connectivity index (χ0) is 13.4. The molecule has 0 bridgehead atoms. The number of amides is 1. The topological polar surface area (TPSA) is 59.2 Å². The van der Waals surface area contributed by atoms with Gasteiger partial charge in [-0.1, -0.05) is 17.7 Å². The molecule has 3 rings (SSSR count). The molecule has 0 spiro atoms. The number of hydrogen-bond donors (Lipinski definition) is 1. The molecule has 0 radical (unpaired) electrons. The number of carbonyl (C=O) groups excluding carboxylic acids is 1. The predicted octanol–water partition coefficient (Wildman–Crippen LogP) is 2.52. The molecule has 4 nitrogen and oxygen atoms in total. The van der Waals surface area contributed by atoms with Crippen molar-refractivity contribution in [2.24, 2.45) is 0 Å². The van der Waals surface area contributed by atoms with Crippen molar-refractivity contribution in [3.63, 3.8) is 0 Å². The molecule has 1 aromatic carbocycles. The molecule has 0 saturated carbocycles. The lowest BCUT2D eigenvalue weighted by Gasteiger charge is -2.18. The SMILES string of the molecule is Nc1cccc2c1CCN2C(=O)c1ccncc1Cl. The molecule has 0 atom stereocenters. The number of aromatic nitrogens is 1. The van der Waals surface area contributed by atoms with Gasteiger partial charge in [-0.25, -0.2) is 0 Å². The first-order chi connectivity index (χ1) is 9.18. The Morgan fingerprint density at radius 2 is 2.21 bits per heavy atom. The van der Waals surface area contributed by atoms with Crippen molar-refractivity contribution in [3.05, 3.63) is 52.8 Å². The Hall–Kier alpha value is -2.07. The molecule has 0 saturated heterocycles. The van der Waals surface area contributed by atoms with Crippen molar-refractivity contribution < 1.29 is 4.79 Å². The first-order valence-corrected chi connectivity index (χ1v) is 6.35. The fourth-order valence-corrected chi connectivity index (χ4v) is 2.57. The van der Waals surface area contributed by atoms with Gasteiger partial charge in [0.2, 0.25) is 0 Å². The maximum atomic E-state index is 12.5. The van der Waals surface area contributed by atoms with Crippen LogP contribution >= 0.6 is 11.6 Å². The molecule has 2 heterocycles. The number of pyridine rings is 1. The molecular weight excluding hydrogens is 262 g/mol. The van der Waals surface area contributed by atoms with E-state index in [1.807, 2.05) is 18.2 Å². The number of halogens is 1. The molecular formula is C14H12ClN3O.